The number of aromatic carboxylic acids is 1. The molecular formula is C19H23FN3O4. The van der Waals surface area contributed by atoms with E-state index >= 15 is 0 Å². The second kappa shape index (κ2) is 6.84. The maximum atomic E-state index is 15.0. The summed E-state index contributed by atoms with van der Waals surface area (Å²) < 4.78 is 22.6. The molecule has 0 saturated carbocycles. The number of hydrogen-bond acceptors (Lipinski definition) is 5. The van der Waals surface area contributed by atoms with E-state index in [1.165, 1.54) is 6.20 Å². The molecular weight excluding hydrogens is 353 g/mol. The molecule has 1 radical (unpaired) electrons. The molecule has 1 atom stereocenters. The summed E-state index contributed by atoms with van der Waals surface area (Å²) in [5.74, 6) is -1.54. The number of piperazine rings is 1. The summed E-state index contributed by atoms with van der Waals surface area (Å²) in [7, 11) is 2.02. The number of nitrogens with zero attached hydrogens (tertiary/aromatic N) is 3. The Kier molecular flexibility index (Phi) is 4.86. The number of benzene rings is 1. The number of rotatable bonds is 2. The van der Waals surface area contributed by atoms with Crippen LogP contribution in [0.5, 0.6) is 5.75 Å². The smallest absolute Gasteiger partial charge is 0.341 e. The highest BCUT2D eigenvalue weighted by atomic mass is 19.1. The summed E-state index contributed by atoms with van der Waals surface area (Å²) in [5, 5.41) is 9.36. The third kappa shape index (κ3) is 2.93. The van der Waals surface area contributed by atoms with Crippen LogP contribution >= 0.6 is 0 Å². The van der Waals surface area contributed by atoms with Crippen LogP contribution in [0.15, 0.2) is 17.1 Å². The molecule has 1 N–H and O–H groups in total. The minimum atomic E-state index is -1.32. The number of carbonyl (C=O) groups is 1. The Balaban J connectivity index is 0.00000210. The summed E-state index contributed by atoms with van der Waals surface area (Å²) in [6.45, 7) is 5.08. The zero-order chi connectivity index (χ0) is 18.6. The van der Waals surface area contributed by atoms with Gasteiger partial charge in [-0.15, -0.1) is 0 Å². The molecule has 1 aromatic heterocycles. The Hall–Kier alpha value is -2.61. The van der Waals surface area contributed by atoms with Crippen LogP contribution in [-0.4, -0.2) is 60.4 Å². The Labute approximate surface area is 156 Å². The van der Waals surface area contributed by atoms with Crippen molar-refractivity contribution < 1.29 is 19.0 Å². The molecule has 7 nitrogen and oxygen atoms in total. The van der Waals surface area contributed by atoms with Gasteiger partial charge in [0.15, 0.2) is 11.6 Å². The van der Waals surface area contributed by atoms with Crippen LogP contribution in [-0.2, 0) is 0 Å². The van der Waals surface area contributed by atoms with Gasteiger partial charge >= 0.3 is 5.97 Å². The molecule has 8 heteroatoms. The van der Waals surface area contributed by atoms with E-state index in [1.54, 1.807) is 4.57 Å². The summed E-state index contributed by atoms with van der Waals surface area (Å²) in [4.78, 5) is 28.1. The van der Waals surface area contributed by atoms with E-state index in [-0.39, 0.29) is 31.0 Å². The lowest BCUT2D eigenvalue weighted by Gasteiger charge is -2.37. The van der Waals surface area contributed by atoms with Crippen LogP contribution in [0.3, 0.4) is 0 Å². The van der Waals surface area contributed by atoms with Gasteiger partial charge in [-0.25, -0.2) is 9.18 Å². The summed E-state index contributed by atoms with van der Waals surface area (Å²) >= 11 is 0. The first-order valence-electron chi connectivity index (χ1n) is 8.59. The molecule has 1 saturated heterocycles. The van der Waals surface area contributed by atoms with Crippen LogP contribution in [0.2, 0.25) is 0 Å². The Morgan fingerprint density at radius 2 is 1.96 bits per heavy atom. The van der Waals surface area contributed by atoms with Crippen molar-refractivity contribution in [1.29, 1.82) is 0 Å². The van der Waals surface area contributed by atoms with Crippen molar-refractivity contribution in [2.45, 2.75) is 13.0 Å². The number of halogens is 1. The molecule has 0 bridgehead atoms. The van der Waals surface area contributed by atoms with Crippen LogP contribution in [0.1, 0.15) is 23.3 Å². The van der Waals surface area contributed by atoms with E-state index < -0.39 is 17.2 Å². The van der Waals surface area contributed by atoms with Gasteiger partial charge in [0.1, 0.15) is 17.9 Å². The van der Waals surface area contributed by atoms with Gasteiger partial charge in [0.25, 0.3) is 0 Å². The maximum absolute atomic E-state index is 15.0. The highest BCUT2D eigenvalue weighted by molar-refractivity contribution is 5.97. The number of aromatic nitrogens is 1. The first kappa shape index (κ1) is 19.2. The van der Waals surface area contributed by atoms with Crippen molar-refractivity contribution >= 4 is 22.6 Å². The SMILES string of the molecule is C[C@H]1COc2c(N3CCN(C)CC3)c(F)cc3c(=O)c(C(=O)O)cn1c23.[CH3]. The van der Waals surface area contributed by atoms with Crippen molar-refractivity contribution in [2.75, 3.05) is 44.7 Å². The summed E-state index contributed by atoms with van der Waals surface area (Å²) in [6, 6.07) is 0.994. The van der Waals surface area contributed by atoms with Crippen LogP contribution < -0.4 is 15.1 Å². The largest absolute Gasteiger partial charge is 0.487 e. The van der Waals surface area contributed by atoms with Gasteiger partial charge in [0, 0.05) is 32.4 Å². The van der Waals surface area contributed by atoms with E-state index in [0.29, 0.717) is 30.0 Å². The van der Waals surface area contributed by atoms with Gasteiger partial charge in [0.2, 0.25) is 5.43 Å². The first-order chi connectivity index (χ1) is 12.4. The minimum absolute atomic E-state index is 0. The predicted molar refractivity (Wildman–Crippen MR) is 101 cm³/mol. The number of anilines is 1. The maximum Gasteiger partial charge on any atom is 0.341 e. The lowest BCUT2D eigenvalue weighted by Crippen LogP contribution is -2.45. The fourth-order valence-corrected chi connectivity index (χ4v) is 3.69. The molecule has 27 heavy (non-hydrogen) atoms. The molecule has 0 amide bonds. The van der Waals surface area contributed by atoms with E-state index in [1.807, 2.05) is 18.9 Å². The Morgan fingerprint density at radius 3 is 2.59 bits per heavy atom. The monoisotopic (exact) mass is 376 g/mol. The quantitative estimate of drug-likeness (QED) is 0.864. The lowest BCUT2D eigenvalue weighted by atomic mass is 10.1. The normalized spacial score (nSPS) is 19.5. The molecule has 3 heterocycles. The van der Waals surface area contributed by atoms with Crippen molar-refractivity contribution in [3.63, 3.8) is 0 Å². The number of carboxylic acids is 1. The molecule has 145 valence electrons. The summed E-state index contributed by atoms with van der Waals surface area (Å²) in [5.41, 5.74) is -0.224. The van der Waals surface area contributed by atoms with E-state index in [0.717, 1.165) is 19.2 Å². The third-order valence-electron chi connectivity index (χ3n) is 5.19. The molecule has 2 aliphatic heterocycles. The molecule has 0 unspecified atom stereocenters. The predicted octanol–water partition coefficient (Wildman–Crippen LogP) is 1.99. The highest BCUT2D eigenvalue weighted by Gasteiger charge is 2.30. The van der Waals surface area contributed by atoms with Crippen LogP contribution in [0.4, 0.5) is 10.1 Å². The van der Waals surface area contributed by atoms with Gasteiger partial charge in [-0.3, -0.25) is 4.79 Å². The van der Waals surface area contributed by atoms with Crippen LogP contribution in [0, 0.1) is 13.2 Å². The van der Waals surface area contributed by atoms with Crippen molar-refractivity contribution in [3.05, 3.63) is 41.3 Å². The van der Waals surface area contributed by atoms with Gasteiger partial charge in [-0.2, -0.15) is 0 Å². The van der Waals surface area contributed by atoms with Gasteiger partial charge < -0.3 is 24.2 Å². The zero-order valence-electron chi connectivity index (χ0n) is 15.7. The minimum Gasteiger partial charge on any atom is -0.487 e. The average Bonchev–Trinajstić information content (AvgIpc) is 2.60. The lowest BCUT2D eigenvalue weighted by molar-refractivity contribution is 0.0694. The molecule has 0 aliphatic carbocycles. The number of likely N-dealkylation sites (N-methyl/N-ethyl adjacent to an activating group) is 1. The second-order valence-electron chi connectivity index (χ2n) is 6.97. The first-order valence-corrected chi connectivity index (χ1v) is 8.59. The third-order valence-corrected chi connectivity index (χ3v) is 5.19. The number of carboxylic acid groups (broad SMARTS) is 1. The standard InChI is InChI=1S/C18H20FN3O4.CH3/c1-10-9-26-17-14-11(16(23)12(18(24)25)8-22(10)14)7-13(19)15(17)21-5-3-20(2)4-6-21;/h7-8,10H,3-6,9H2,1-2H3,(H,24,25);1H3/t10-;/m0./s1. The van der Waals surface area contributed by atoms with Crippen molar-refractivity contribution in [2.24, 2.45) is 0 Å². The molecule has 2 aromatic rings. The Bertz CT molecular complexity index is 964. The van der Waals surface area contributed by atoms with Gasteiger partial charge in [-0.05, 0) is 20.0 Å². The fourth-order valence-electron chi connectivity index (χ4n) is 3.69. The zero-order valence-corrected chi connectivity index (χ0v) is 15.7. The molecule has 1 fully saturated rings. The molecule has 4 rings (SSSR count). The van der Waals surface area contributed by atoms with Crippen molar-refractivity contribution in [3.8, 4) is 5.75 Å². The van der Waals surface area contributed by atoms with E-state index in [2.05, 4.69) is 4.90 Å². The molecule has 2 aliphatic rings. The molecule has 0 spiro atoms. The molecule has 1 aromatic carbocycles. The van der Waals surface area contributed by atoms with Crippen LogP contribution in [0.25, 0.3) is 10.9 Å². The topological polar surface area (TPSA) is 75.0 Å². The number of pyridine rings is 1. The number of hydrogen-bond donors (Lipinski definition) is 1. The Morgan fingerprint density at radius 1 is 1.30 bits per heavy atom. The van der Waals surface area contributed by atoms with E-state index in [9.17, 15) is 19.1 Å². The highest BCUT2D eigenvalue weighted by Crippen LogP contribution is 2.42. The van der Waals surface area contributed by atoms with Gasteiger partial charge in [0.05, 0.1) is 16.9 Å². The number of ether oxygens (including phenoxy) is 1. The fraction of sp³-hybridized carbons (Fsp3) is 0.421. The van der Waals surface area contributed by atoms with Gasteiger partial charge in [-0.1, -0.05) is 7.43 Å². The average molecular weight is 376 g/mol. The summed E-state index contributed by atoms with van der Waals surface area (Å²) in [6.07, 6.45) is 1.34. The second-order valence-corrected chi connectivity index (χ2v) is 6.97. The van der Waals surface area contributed by atoms with E-state index in [4.69, 9.17) is 4.74 Å². The van der Waals surface area contributed by atoms with Crippen molar-refractivity contribution in [1.82, 2.24) is 9.47 Å².